The minimum atomic E-state index is -3.00. The van der Waals surface area contributed by atoms with Gasteiger partial charge in [0.1, 0.15) is 12.4 Å². The van der Waals surface area contributed by atoms with Crippen LogP contribution in [0.3, 0.4) is 0 Å². The van der Waals surface area contributed by atoms with Crippen molar-refractivity contribution < 1.29 is 18.3 Å². The van der Waals surface area contributed by atoms with E-state index in [1.807, 2.05) is 31.2 Å². The lowest BCUT2D eigenvalue weighted by Gasteiger charge is -2.37. The second-order valence-electron chi connectivity index (χ2n) is 6.70. The van der Waals surface area contributed by atoms with Gasteiger partial charge in [0.15, 0.2) is 0 Å². The Morgan fingerprint density at radius 3 is 2.78 bits per heavy atom. The maximum absolute atomic E-state index is 14.5. The summed E-state index contributed by atoms with van der Waals surface area (Å²) in [5.74, 6) is -3.44. The monoisotopic (exact) mass is 376 g/mol. The third kappa shape index (κ3) is 5.12. The van der Waals surface area contributed by atoms with E-state index in [0.717, 1.165) is 16.0 Å². The van der Waals surface area contributed by atoms with Crippen molar-refractivity contribution in [3.05, 3.63) is 53.7 Å². The molecule has 1 saturated heterocycles. The number of rotatable bonds is 5. The highest BCUT2D eigenvalue weighted by atomic mass is 19.3. The number of nitrogens with one attached hydrogen (secondary N) is 1. The molecule has 3 rings (SSSR count). The van der Waals surface area contributed by atoms with E-state index in [1.165, 1.54) is 6.20 Å². The molecule has 0 unspecified atom stereocenters. The van der Waals surface area contributed by atoms with E-state index in [0.29, 0.717) is 5.82 Å². The highest BCUT2D eigenvalue weighted by molar-refractivity contribution is 5.68. The van der Waals surface area contributed by atoms with Crippen LogP contribution in [0.4, 0.5) is 19.4 Å². The fraction of sp³-hybridized carbons (Fsp3) is 0.421. The molecule has 1 atom stereocenters. The van der Waals surface area contributed by atoms with E-state index < -0.39 is 24.5 Å². The second kappa shape index (κ2) is 8.28. The minimum Gasteiger partial charge on any atom is -0.445 e. The van der Waals surface area contributed by atoms with Crippen molar-refractivity contribution in [3.8, 4) is 0 Å². The molecule has 2 aromatic rings. The molecule has 1 aliphatic heterocycles. The summed E-state index contributed by atoms with van der Waals surface area (Å²) in [7, 11) is 0. The van der Waals surface area contributed by atoms with Gasteiger partial charge in [-0.3, -0.25) is 0 Å². The first-order chi connectivity index (χ1) is 12.9. The van der Waals surface area contributed by atoms with Gasteiger partial charge in [-0.1, -0.05) is 29.8 Å². The predicted molar refractivity (Wildman–Crippen MR) is 96.5 cm³/mol. The zero-order valence-corrected chi connectivity index (χ0v) is 15.1. The van der Waals surface area contributed by atoms with Crippen molar-refractivity contribution in [3.63, 3.8) is 0 Å². The Balaban J connectivity index is 1.49. The van der Waals surface area contributed by atoms with Gasteiger partial charge in [0.05, 0.1) is 6.54 Å². The zero-order valence-electron chi connectivity index (χ0n) is 15.1. The molecule has 0 saturated carbocycles. The number of halogens is 2. The number of anilines is 1. The first-order valence-electron chi connectivity index (χ1n) is 8.81. The summed E-state index contributed by atoms with van der Waals surface area (Å²) < 4.78 is 34.1. The molecule has 2 heterocycles. The van der Waals surface area contributed by atoms with Gasteiger partial charge in [0, 0.05) is 25.2 Å². The van der Waals surface area contributed by atoms with E-state index in [9.17, 15) is 13.6 Å². The number of alkyl halides is 2. The first kappa shape index (κ1) is 19.0. The zero-order chi connectivity index (χ0) is 19.3. The molecule has 27 heavy (non-hydrogen) atoms. The lowest BCUT2D eigenvalue weighted by Crippen LogP contribution is -2.52. The predicted octanol–water partition coefficient (Wildman–Crippen LogP) is 3.49. The van der Waals surface area contributed by atoms with Gasteiger partial charge in [-0.05, 0) is 31.0 Å². The van der Waals surface area contributed by atoms with Gasteiger partial charge in [0.2, 0.25) is 0 Å². The van der Waals surface area contributed by atoms with Gasteiger partial charge in [-0.15, -0.1) is 5.10 Å². The standard InChI is InChI=1S/C19H22F2N4O2/c1-14-4-6-15(7-5-14)12-27-18(26)25-10-8-16(19(20,21)13-25)11-22-17-3-2-9-23-24-17/h2-7,9,16H,8,10-13H2,1H3,(H,22,24)/t16-/m1/s1. The average Bonchev–Trinajstić information content (AvgIpc) is 2.66. The van der Waals surface area contributed by atoms with Crippen LogP contribution in [0, 0.1) is 12.8 Å². The molecule has 8 heteroatoms. The maximum atomic E-state index is 14.5. The molecule has 1 aliphatic rings. The third-order valence-corrected chi connectivity index (χ3v) is 4.59. The number of carbonyl (C=O) groups is 1. The fourth-order valence-corrected chi connectivity index (χ4v) is 2.94. The minimum absolute atomic E-state index is 0.0674. The van der Waals surface area contributed by atoms with Crippen LogP contribution in [-0.4, -0.2) is 46.7 Å². The summed E-state index contributed by atoms with van der Waals surface area (Å²) in [6.45, 7) is 1.68. The van der Waals surface area contributed by atoms with E-state index in [-0.39, 0.29) is 26.1 Å². The summed E-state index contributed by atoms with van der Waals surface area (Å²) in [5.41, 5.74) is 1.92. The van der Waals surface area contributed by atoms with Crippen LogP contribution in [0.5, 0.6) is 0 Å². The molecular formula is C19H22F2N4O2. The molecule has 0 aliphatic carbocycles. The number of hydrogen-bond donors (Lipinski definition) is 1. The summed E-state index contributed by atoms with van der Waals surface area (Å²) in [4.78, 5) is 13.2. The molecule has 1 amide bonds. The number of likely N-dealkylation sites (tertiary alicyclic amines) is 1. The number of carbonyl (C=O) groups excluding carboxylic acids is 1. The Morgan fingerprint density at radius 2 is 2.11 bits per heavy atom. The van der Waals surface area contributed by atoms with Crippen molar-refractivity contribution in [1.82, 2.24) is 15.1 Å². The lowest BCUT2D eigenvalue weighted by atomic mass is 9.93. The fourth-order valence-electron chi connectivity index (χ4n) is 2.94. The number of hydrogen-bond acceptors (Lipinski definition) is 5. The van der Waals surface area contributed by atoms with Gasteiger partial charge in [-0.2, -0.15) is 5.10 Å². The number of nitrogens with zero attached hydrogens (tertiary/aromatic N) is 3. The molecule has 6 nitrogen and oxygen atoms in total. The Hall–Kier alpha value is -2.77. The second-order valence-corrected chi connectivity index (χ2v) is 6.70. The molecule has 0 spiro atoms. The highest BCUT2D eigenvalue weighted by Gasteiger charge is 2.46. The molecule has 1 aromatic carbocycles. The number of piperidine rings is 1. The smallest absolute Gasteiger partial charge is 0.410 e. The number of aromatic nitrogens is 2. The van der Waals surface area contributed by atoms with E-state index in [2.05, 4.69) is 15.5 Å². The maximum Gasteiger partial charge on any atom is 0.410 e. The first-order valence-corrected chi connectivity index (χ1v) is 8.81. The van der Waals surface area contributed by atoms with E-state index in [4.69, 9.17) is 4.74 Å². The quantitative estimate of drug-likeness (QED) is 0.865. The topological polar surface area (TPSA) is 67.3 Å². The van der Waals surface area contributed by atoms with Gasteiger partial charge < -0.3 is 15.0 Å². The Labute approximate surface area is 156 Å². The number of ether oxygens (including phenoxy) is 1. The van der Waals surface area contributed by atoms with Gasteiger partial charge in [0.25, 0.3) is 5.92 Å². The number of amides is 1. The van der Waals surface area contributed by atoms with Crippen molar-refractivity contribution in [2.24, 2.45) is 5.92 Å². The Bertz CT molecular complexity index is 756. The van der Waals surface area contributed by atoms with Crippen molar-refractivity contribution in [1.29, 1.82) is 0 Å². The molecule has 1 aromatic heterocycles. The van der Waals surface area contributed by atoms with Crippen LogP contribution >= 0.6 is 0 Å². The molecular weight excluding hydrogens is 354 g/mol. The van der Waals surface area contributed by atoms with Crippen molar-refractivity contribution >= 4 is 11.9 Å². The van der Waals surface area contributed by atoms with Crippen LogP contribution in [0.1, 0.15) is 17.5 Å². The summed E-state index contributed by atoms with van der Waals surface area (Å²) in [6, 6.07) is 10.9. The number of aryl methyl sites for hydroxylation is 1. The largest absolute Gasteiger partial charge is 0.445 e. The van der Waals surface area contributed by atoms with Crippen molar-refractivity contribution in [2.45, 2.75) is 25.9 Å². The summed E-state index contributed by atoms with van der Waals surface area (Å²) >= 11 is 0. The van der Waals surface area contributed by atoms with Crippen molar-refractivity contribution in [2.75, 3.05) is 25.0 Å². The van der Waals surface area contributed by atoms with Crippen LogP contribution < -0.4 is 5.32 Å². The molecule has 0 radical (unpaired) electrons. The molecule has 0 bridgehead atoms. The summed E-state index contributed by atoms with van der Waals surface area (Å²) in [6.07, 6.45) is 0.982. The van der Waals surface area contributed by atoms with Gasteiger partial charge in [-0.25, -0.2) is 13.6 Å². The lowest BCUT2D eigenvalue weighted by molar-refractivity contribution is -0.101. The van der Waals surface area contributed by atoms with Crippen LogP contribution in [0.25, 0.3) is 0 Å². The Morgan fingerprint density at radius 1 is 1.33 bits per heavy atom. The third-order valence-electron chi connectivity index (χ3n) is 4.59. The number of benzene rings is 1. The molecule has 1 fully saturated rings. The summed E-state index contributed by atoms with van der Waals surface area (Å²) in [5, 5.41) is 10.4. The van der Waals surface area contributed by atoms with E-state index >= 15 is 0 Å². The average molecular weight is 376 g/mol. The Kier molecular flexibility index (Phi) is 5.83. The van der Waals surface area contributed by atoms with E-state index in [1.54, 1.807) is 12.1 Å². The highest BCUT2D eigenvalue weighted by Crippen LogP contribution is 2.33. The molecule has 144 valence electrons. The SMILES string of the molecule is Cc1ccc(COC(=O)N2CC[C@H](CNc3cccnn3)C(F)(F)C2)cc1. The normalized spacial score (nSPS) is 18.8. The van der Waals surface area contributed by atoms with Crippen LogP contribution in [-0.2, 0) is 11.3 Å². The van der Waals surface area contributed by atoms with Crippen LogP contribution in [0.15, 0.2) is 42.6 Å². The van der Waals surface area contributed by atoms with Gasteiger partial charge >= 0.3 is 6.09 Å². The van der Waals surface area contributed by atoms with Crippen LogP contribution in [0.2, 0.25) is 0 Å². The molecule has 1 N–H and O–H groups in total.